The SMILES string of the molecule is CC(C)(C)OC(=O)n1nc(C(NC(=O)OCc2ccccc2)c2ccccc2CCOS(C)(=O)=O)c2ccccc21. The van der Waals surface area contributed by atoms with Crippen molar-refractivity contribution in [1.29, 1.82) is 0 Å². The first-order chi connectivity index (χ1) is 19.4. The Morgan fingerprint density at radius 3 is 2.32 bits per heavy atom. The average Bonchev–Trinajstić information content (AvgIpc) is 3.30. The number of carbonyl (C=O) groups is 2. The first-order valence-electron chi connectivity index (χ1n) is 13.0. The molecule has 0 aliphatic heterocycles. The van der Waals surface area contributed by atoms with Crippen LogP contribution in [0.15, 0.2) is 78.9 Å². The van der Waals surface area contributed by atoms with Crippen LogP contribution in [0.25, 0.3) is 10.9 Å². The molecule has 4 aromatic rings. The van der Waals surface area contributed by atoms with Gasteiger partial charge in [0.05, 0.1) is 24.1 Å². The number of hydrogen-bond acceptors (Lipinski definition) is 8. The zero-order chi connectivity index (χ0) is 29.6. The maximum absolute atomic E-state index is 13.1. The molecule has 216 valence electrons. The molecule has 4 rings (SSSR count). The molecule has 0 spiro atoms. The number of benzene rings is 3. The lowest BCUT2D eigenvalue weighted by molar-refractivity contribution is 0.0521. The number of hydrogen-bond donors (Lipinski definition) is 1. The number of nitrogens with zero attached hydrogens (tertiary/aromatic N) is 2. The second-order valence-electron chi connectivity index (χ2n) is 10.4. The Labute approximate surface area is 239 Å². The lowest BCUT2D eigenvalue weighted by atomic mass is 9.95. The third-order valence-electron chi connectivity index (χ3n) is 5.97. The summed E-state index contributed by atoms with van der Waals surface area (Å²) in [4.78, 5) is 26.3. The van der Waals surface area contributed by atoms with Crippen molar-refractivity contribution in [3.05, 3.63) is 101 Å². The van der Waals surface area contributed by atoms with Crippen molar-refractivity contribution in [1.82, 2.24) is 15.1 Å². The van der Waals surface area contributed by atoms with Crippen molar-refractivity contribution in [3.8, 4) is 0 Å². The number of alkyl carbamates (subject to hydrolysis) is 1. The molecule has 1 N–H and O–H groups in total. The Morgan fingerprint density at radius 2 is 1.61 bits per heavy atom. The van der Waals surface area contributed by atoms with Gasteiger partial charge in [0.1, 0.15) is 18.2 Å². The number of amides is 1. The summed E-state index contributed by atoms with van der Waals surface area (Å²) in [5, 5.41) is 8.16. The third-order valence-corrected chi connectivity index (χ3v) is 6.56. The van der Waals surface area contributed by atoms with Gasteiger partial charge in [-0.05, 0) is 49.9 Å². The number of fused-ring (bicyclic) bond motifs is 1. The topological polar surface area (TPSA) is 126 Å². The van der Waals surface area contributed by atoms with E-state index in [1.54, 1.807) is 51.1 Å². The summed E-state index contributed by atoms with van der Waals surface area (Å²) in [5.74, 6) is 0. The molecule has 10 nitrogen and oxygen atoms in total. The number of carbonyl (C=O) groups excluding carboxylic acids is 2. The van der Waals surface area contributed by atoms with Crippen LogP contribution in [0.5, 0.6) is 0 Å². The van der Waals surface area contributed by atoms with Gasteiger partial charge >= 0.3 is 12.2 Å². The molecule has 1 atom stereocenters. The molecule has 0 aliphatic carbocycles. The highest BCUT2D eigenvalue weighted by atomic mass is 32.2. The van der Waals surface area contributed by atoms with Gasteiger partial charge in [-0.3, -0.25) is 4.18 Å². The molecular weight excluding hydrogens is 546 g/mol. The van der Waals surface area contributed by atoms with Gasteiger partial charge in [0.15, 0.2) is 0 Å². The fourth-order valence-corrected chi connectivity index (χ4v) is 4.66. The lowest BCUT2D eigenvalue weighted by Gasteiger charge is -2.21. The lowest BCUT2D eigenvalue weighted by Crippen LogP contribution is -2.32. The molecule has 1 heterocycles. The molecule has 1 unspecified atom stereocenters. The highest BCUT2D eigenvalue weighted by molar-refractivity contribution is 7.85. The van der Waals surface area contributed by atoms with Gasteiger partial charge in [-0.25, -0.2) is 9.59 Å². The van der Waals surface area contributed by atoms with E-state index in [1.165, 1.54) is 4.68 Å². The summed E-state index contributed by atoms with van der Waals surface area (Å²) in [6.45, 7) is 5.25. The third kappa shape index (κ3) is 8.15. The van der Waals surface area contributed by atoms with E-state index in [0.29, 0.717) is 22.2 Å². The van der Waals surface area contributed by atoms with Gasteiger partial charge < -0.3 is 14.8 Å². The molecule has 0 aliphatic rings. The molecule has 41 heavy (non-hydrogen) atoms. The quantitative estimate of drug-likeness (QED) is 0.263. The Bertz CT molecular complexity index is 1630. The molecule has 11 heteroatoms. The highest BCUT2D eigenvalue weighted by Gasteiger charge is 2.29. The molecule has 0 saturated carbocycles. The van der Waals surface area contributed by atoms with Crippen molar-refractivity contribution in [3.63, 3.8) is 0 Å². The highest BCUT2D eigenvalue weighted by Crippen LogP contribution is 2.31. The maximum Gasteiger partial charge on any atom is 0.435 e. The van der Waals surface area contributed by atoms with Gasteiger partial charge in [0, 0.05) is 5.39 Å². The molecule has 3 aromatic carbocycles. The Morgan fingerprint density at radius 1 is 0.951 bits per heavy atom. The van der Waals surface area contributed by atoms with Crippen LogP contribution < -0.4 is 5.32 Å². The van der Waals surface area contributed by atoms with E-state index in [2.05, 4.69) is 10.4 Å². The van der Waals surface area contributed by atoms with Crippen LogP contribution in [0.2, 0.25) is 0 Å². The van der Waals surface area contributed by atoms with E-state index in [-0.39, 0.29) is 19.6 Å². The summed E-state index contributed by atoms with van der Waals surface area (Å²) >= 11 is 0. The van der Waals surface area contributed by atoms with E-state index in [4.69, 9.17) is 13.7 Å². The van der Waals surface area contributed by atoms with Crippen molar-refractivity contribution in [2.75, 3.05) is 12.9 Å². The largest absolute Gasteiger partial charge is 0.445 e. The first kappa shape index (κ1) is 29.8. The van der Waals surface area contributed by atoms with Crippen LogP contribution in [-0.2, 0) is 36.8 Å². The number of nitrogens with one attached hydrogen (secondary N) is 1. The predicted molar refractivity (Wildman–Crippen MR) is 154 cm³/mol. The van der Waals surface area contributed by atoms with E-state index < -0.39 is 33.9 Å². The second-order valence-corrected chi connectivity index (χ2v) is 12.1. The number of ether oxygens (including phenoxy) is 2. The average molecular weight is 580 g/mol. The second kappa shape index (κ2) is 12.5. The molecule has 1 aromatic heterocycles. The molecule has 0 fully saturated rings. The summed E-state index contributed by atoms with van der Waals surface area (Å²) in [5.41, 5.74) is 2.31. The van der Waals surface area contributed by atoms with Gasteiger partial charge in [0.25, 0.3) is 10.1 Å². The van der Waals surface area contributed by atoms with Crippen molar-refractivity contribution < 1.29 is 31.7 Å². The van der Waals surface area contributed by atoms with Crippen molar-refractivity contribution >= 4 is 33.2 Å². The minimum Gasteiger partial charge on any atom is -0.445 e. The molecule has 0 saturated heterocycles. The fraction of sp³-hybridized carbons (Fsp3) is 0.300. The fourth-order valence-electron chi connectivity index (χ4n) is 4.27. The Kier molecular flexibility index (Phi) is 9.09. The number of rotatable bonds is 9. The van der Waals surface area contributed by atoms with Gasteiger partial charge in [-0.1, -0.05) is 72.8 Å². The van der Waals surface area contributed by atoms with Crippen molar-refractivity contribution in [2.24, 2.45) is 0 Å². The van der Waals surface area contributed by atoms with Gasteiger partial charge in [-0.15, -0.1) is 0 Å². The van der Waals surface area contributed by atoms with Crippen LogP contribution in [0.4, 0.5) is 9.59 Å². The molecule has 1 amide bonds. The number of para-hydroxylation sites is 1. The van der Waals surface area contributed by atoms with E-state index in [1.807, 2.05) is 48.5 Å². The maximum atomic E-state index is 13.1. The number of aromatic nitrogens is 2. The van der Waals surface area contributed by atoms with Crippen LogP contribution in [0, 0.1) is 0 Å². The molecule has 0 bridgehead atoms. The van der Waals surface area contributed by atoms with Crippen LogP contribution in [0.1, 0.15) is 49.2 Å². The zero-order valence-corrected chi connectivity index (χ0v) is 24.2. The predicted octanol–water partition coefficient (Wildman–Crippen LogP) is 5.35. The first-order valence-corrected chi connectivity index (χ1v) is 14.8. The van der Waals surface area contributed by atoms with Gasteiger partial charge in [0.2, 0.25) is 0 Å². The van der Waals surface area contributed by atoms with Crippen LogP contribution >= 0.6 is 0 Å². The summed E-state index contributed by atoms with van der Waals surface area (Å²) in [6, 6.07) is 22.8. The monoisotopic (exact) mass is 579 g/mol. The van der Waals surface area contributed by atoms with E-state index >= 15 is 0 Å². The normalized spacial score (nSPS) is 12.6. The van der Waals surface area contributed by atoms with E-state index in [9.17, 15) is 18.0 Å². The summed E-state index contributed by atoms with van der Waals surface area (Å²) in [6.07, 6.45) is -0.135. The van der Waals surface area contributed by atoms with E-state index in [0.717, 1.165) is 17.4 Å². The van der Waals surface area contributed by atoms with Crippen molar-refractivity contribution in [2.45, 2.75) is 45.4 Å². The Balaban J connectivity index is 1.75. The summed E-state index contributed by atoms with van der Waals surface area (Å²) < 4.78 is 40.4. The summed E-state index contributed by atoms with van der Waals surface area (Å²) in [7, 11) is -3.64. The minimum absolute atomic E-state index is 0.0519. The van der Waals surface area contributed by atoms with Gasteiger partial charge in [-0.2, -0.15) is 18.2 Å². The minimum atomic E-state index is -3.64. The Hall–Kier alpha value is -4.22. The smallest absolute Gasteiger partial charge is 0.435 e. The molecular formula is C30H33N3O7S. The van der Waals surface area contributed by atoms with Crippen LogP contribution in [0.3, 0.4) is 0 Å². The van der Waals surface area contributed by atoms with Crippen LogP contribution in [-0.4, -0.2) is 48.8 Å². The standard InChI is InChI=1S/C30H33N3O7S/c1-30(2,3)40-29(35)33-25-17-11-10-16-24(25)27(32-33)26(31-28(34)38-20-21-12-6-5-7-13-21)23-15-9-8-14-22(23)18-19-39-41(4,36)37/h5-17,26H,18-20H2,1-4H3,(H,31,34). The molecule has 0 radical (unpaired) electrons. The zero-order valence-electron chi connectivity index (χ0n) is 23.4.